The van der Waals surface area contributed by atoms with E-state index in [-0.39, 0.29) is 23.8 Å². The molecule has 0 aromatic carbocycles. The van der Waals surface area contributed by atoms with Crippen molar-refractivity contribution < 1.29 is 33.7 Å². The van der Waals surface area contributed by atoms with Crippen molar-refractivity contribution in [1.82, 2.24) is 0 Å². The third-order valence-electron chi connectivity index (χ3n) is 1.79. The smallest absolute Gasteiger partial charge is 0.332 e. The minimum absolute atomic E-state index is 0.211. The summed E-state index contributed by atoms with van der Waals surface area (Å²) in [5.41, 5.74) is 0.433. The Hall–Kier alpha value is -1.73. The average Bonchev–Trinajstić information content (AvgIpc) is 2.47. The SMILES string of the molecule is C=C(C)C(=O)OC.CCC(C)=O.CCOC(C)=O.COCC(C)O. The van der Waals surface area contributed by atoms with Crippen LogP contribution < -0.4 is 0 Å². The standard InChI is InChI=1S/C5H8O2.C4H10O2.C4H8O2.C4H8O/c1-4(2)5(6)7-3;1-4(5)3-6-2;1-3-6-4(2)5;1-3-4(2)5/h1H2,2-3H3;4-5H,3H2,1-2H3;3H2,1-2H3;3H2,1-2H3. The Bertz CT molecular complexity index is 336. The van der Waals surface area contributed by atoms with Gasteiger partial charge in [0.1, 0.15) is 5.78 Å². The van der Waals surface area contributed by atoms with Gasteiger partial charge in [0.15, 0.2) is 0 Å². The predicted octanol–water partition coefficient (Wildman–Crippen LogP) is 2.30. The van der Waals surface area contributed by atoms with Gasteiger partial charge in [0.25, 0.3) is 0 Å². The van der Waals surface area contributed by atoms with Gasteiger partial charge in [0.2, 0.25) is 0 Å². The van der Waals surface area contributed by atoms with Crippen molar-refractivity contribution in [3.63, 3.8) is 0 Å². The molecule has 1 unspecified atom stereocenters. The highest BCUT2D eigenvalue weighted by atomic mass is 16.5. The molecule has 7 nitrogen and oxygen atoms in total. The number of rotatable bonds is 5. The lowest BCUT2D eigenvalue weighted by Gasteiger charge is -1.97. The molecule has 0 heterocycles. The van der Waals surface area contributed by atoms with E-state index >= 15 is 0 Å². The molecule has 0 radical (unpaired) electrons. The first kappa shape index (κ1) is 30.2. The van der Waals surface area contributed by atoms with Crippen LogP contribution in [0.2, 0.25) is 0 Å². The van der Waals surface area contributed by atoms with Gasteiger partial charge in [0.05, 0.1) is 26.4 Å². The van der Waals surface area contributed by atoms with Crippen LogP contribution in [0.3, 0.4) is 0 Å². The minimum Gasteiger partial charge on any atom is -0.466 e. The Morgan fingerprint density at radius 1 is 1.08 bits per heavy atom. The van der Waals surface area contributed by atoms with E-state index in [0.717, 1.165) is 0 Å². The van der Waals surface area contributed by atoms with Crippen LogP contribution in [0.25, 0.3) is 0 Å². The van der Waals surface area contributed by atoms with E-state index in [2.05, 4.69) is 20.8 Å². The highest BCUT2D eigenvalue weighted by Gasteiger charge is 1.95. The Morgan fingerprint density at radius 2 is 1.50 bits per heavy atom. The van der Waals surface area contributed by atoms with Crippen molar-refractivity contribution in [2.45, 2.75) is 54.1 Å². The van der Waals surface area contributed by atoms with Crippen LogP contribution in [0.4, 0.5) is 0 Å². The minimum atomic E-state index is -0.347. The molecule has 1 N–H and O–H groups in total. The first-order valence-corrected chi connectivity index (χ1v) is 7.53. The number of methoxy groups -OCH3 is 2. The number of ketones is 1. The molecule has 0 amide bonds. The maximum absolute atomic E-state index is 10.2. The fourth-order valence-electron chi connectivity index (χ4n) is 0.619. The van der Waals surface area contributed by atoms with Gasteiger partial charge in [-0.2, -0.15) is 0 Å². The van der Waals surface area contributed by atoms with Crippen LogP contribution in [0.5, 0.6) is 0 Å². The highest BCUT2D eigenvalue weighted by molar-refractivity contribution is 5.86. The third-order valence-corrected chi connectivity index (χ3v) is 1.79. The first-order valence-electron chi connectivity index (χ1n) is 7.53. The van der Waals surface area contributed by atoms with Crippen LogP contribution >= 0.6 is 0 Å². The summed E-state index contributed by atoms with van der Waals surface area (Å²) in [6.07, 6.45) is 0.343. The van der Waals surface area contributed by atoms with E-state index in [0.29, 0.717) is 25.2 Å². The van der Waals surface area contributed by atoms with Crippen LogP contribution in [-0.2, 0) is 28.6 Å². The van der Waals surface area contributed by atoms with Gasteiger partial charge in [0, 0.05) is 26.0 Å². The molecule has 144 valence electrons. The molecule has 0 bridgehead atoms. The second-order valence-electron chi connectivity index (χ2n) is 4.56. The molecule has 7 heteroatoms. The fraction of sp³-hybridized carbons (Fsp3) is 0.706. The van der Waals surface area contributed by atoms with E-state index in [4.69, 9.17) is 5.11 Å². The van der Waals surface area contributed by atoms with Crippen LogP contribution in [0.1, 0.15) is 48.0 Å². The summed E-state index contributed by atoms with van der Waals surface area (Å²) >= 11 is 0. The van der Waals surface area contributed by atoms with Gasteiger partial charge >= 0.3 is 11.9 Å². The molecule has 1 atom stereocenters. The lowest BCUT2D eigenvalue weighted by Crippen LogP contribution is -2.07. The van der Waals surface area contributed by atoms with Crippen LogP contribution in [0.15, 0.2) is 12.2 Å². The molecular weight excluding hydrogens is 316 g/mol. The summed E-state index contributed by atoms with van der Waals surface area (Å²) in [4.78, 5) is 29.8. The number of hydrogen-bond donors (Lipinski definition) is 1. The van der Waals surface area contributed by atoms with Crippen LogP contribution in [-0.4, -0.2) is 56.4 Å². The van der Waals surface area contributed by atoms with Crippen molar-refractivity contribution in [2.75, 3.05) is 27.4 Å². The largest absolute Gasteiger partial charge is 0.466 e. The lowest BCUT2D eigenvalue weighted by atomic mass is 10.4. The Kier molecular flexibility index (Phi) is 29.6. The normalized spacial score (nSPS) is 9.38. The first-order chi connectivity index (χ1) is 11.0. The average molecular weight is 350 g/mol. The summed E-state index contributed by atoms with van der Waals surface area (Å²) in [5, 5.41) is 8.43. The van der Waals surface area contributed by atoms with E-state index < -0.39 is 0 Å². The molecule has 24 heavy (non-hydrogen) atoms. The topological polar surface area (TPSA) is 99.1 Å². The number of Topliss-reactive ketones (excluding diaryl/α,β-unsaturated/α-hetero) is 1. The van der Waals surface area contributed by atoms with Crippen molar-refractivity contribution in [3.8, 4) is 0 Å². The van der Waals surface area contributed by atoms with Crippen molar-refractivity contribution in [3.05, 3.63) is 12.2 Å². The quantitative estimate of drug-likeness (QED) is 0.600. The zero-order chi connectivity index (χ0) is 20.1. The highest BCUT2D eigenvalue weighted by Crippen LogP contribution is 1.87. The molecule has 0 saturated heterocycles. The summed E-state index contributed by atoms with van der Waals surface area (Å²) in [6.45, 7) is 14.2. The number of aliphatic hydroxyl groups excluding tert-OH is 1. The second-order valence-corrected chi connectivity index (χ2v) is 4.56. The Morgan fingerprint density at radius 3 is 1.50 bits per heavy atom. The molecule has 0 spiro atoms. The summed E-state index contributed by atoms with van der Waals surface area (Å²) < 4.78 is 13.2. The number of ether oxygens (including phenoxy) is 3. The summed E-state index contributed by atoms with van der Waals surface area (Å²) in [5.74, 6) is -0.303. The third kappa shape index (κ3) is 50.0. The van der Waals surface area contributed by atoms with Crippen molar-refractivity contribution in [1.29, 1.82) is 0 Å². The number of carbonyl (C=O) groups excluding carboxylic acids is 3. The number of esters is 2. The molecule has 0 fully saturated rings. The van der Waals surface area contributed by atoms with E-state index in [9.17, 15) is 14.4 Å². The molecule has 0 aliphatic heterocycles. The lowest BCUT2D eigenvalue weighted by molar-refractivity contribution is -0.140. The molecule has 0 aliphatic rings. The van der Waals surface area contributed by atoms with Crippen LogP contribution in [0, 0.1) is 0 Å². The Labute approximate surface area is 146 Å². The molecule has 0 aliphatic carbocycles. The van der Waals surface area contributed by atoms with Gasteiger partial charge in [-0.05, 0) is 27.7 Å². The maximum Gasteiger partial charge on any atom is 0.332 e. The van der Waals surface area contributed by atoms with Gasteiger partial charge < -0.3 is 24.1 Å². The van der Waals surface area contributed by atoms with E-state index in [1.807, 2.05) is 6.92 Å². The molecule has 0 rings (SSSR count). The van der Waals surface area contributed by atoms with Gasteiger partial charge in [-0.25, -0.2) is 4.79 Å². The molecule has 0 saturated carbocycles. The number of hydrogen-bond acceptors (Lipinski definition) is 7. The molecular formula is C17H34O7. The predicted molar refractivity (Wildman–Crippen MR) is 93.7 cm³/mol. The maximum atomic E-state index is 10.2. The van der Waals surface area contributed by atoms with Crippen molar-refractivity contribution >= 4 is 17.7 Å². The monoisotopic (exact) mass is 350 g/mol. The van der Waals surface area contributed by atoms with E-state index in [1.54, 1.807) is 34.8 Å². The van der Waals surface area contributed by atoms with Gasteiger partial charge in [-0.3, -0.25) is 4.79 Å². The summed E-state index contributed by atoms with van der Waals surface area (Å²) in [6, 6.07) is 0. The fourth-order valence-corrected chi connectivity index (χ4v) is 0.619. The molecule has 0 aromatic rings. The van der Waals surface area contributed by atoms with Gasteiger partial charge in [-0.15, -0.1) is 0 Å². The molecule has 0 aromatic heterocycles. The van der Waals surface area contributed by atoms with Gasteiger partial charge in [-0.1, -0.05) is 13.5 Å². The summed E-state index contributed by atoms with van der Waals surface area (Å²) in [7, 11) is 2.89. The van der Waals surface area contributed by atoms with E-state index in [1.165, 1.54) is 14.0 Å². The zero-order valence-electron chi connectivity index (χ0n) is 16.3. The number of carbonyl (C=O) groups is 3. The second kappa shape index (κ2) is 23.5. The number of aliphatic hydroxyl groups is 1. The van der Waals surface area contributed by atoms with Crippen molar-refractivity contribution in [2.24, 2.45) is 0 Å². The zero-order valence-corrected chi connectivity index (χ0v) is 16.3. The Balaban J connectivity index is -0.000000112.